The van der Waals surface area contributed by atoms with Crippen LogP contribution in [0.3, 0.4) is 0 Å². The number of amides is 4. The number of urea groups is 1. The first-order valence-corrected chi connectivity index (χ1v) is 9.18. The van der Waals surface area contributed by atoms with Crippen molar-refractivity contribution in [3.05, 3.63) is 29.8 Å². The van der Waals surface area contributed by atoms with Crippen LogP contribution >= 0.6 is 0 Å². The maximum absolute atomic E-state index is 13.0. The first-order chi connectivity index (χ1) is 14.2. The van der Waals surface area contributed by atoms with Gasteiger partial charge in [-0.25, -0.2) is 4.79 Å². The van der Waals surface area contributed by atoms with Gasteiger partial charge in [0.1, 0.15) is 17.8 Å². The van der Waals surface area contributed by atoms with Crippen LogP contribution in [0.15, 0.2) is 24.3 Å². The molecule has 1 fully saturated rings. The highest BCUT2D eigenvalue weighted by atomic mass is 19.3. The van der Waals surface area contributed by atoms with E-state index >= 15 is 0 Å². The third-order valence-corrected chi connectivity index (χ3v) is 4.71. The first-order valence-electron chi connectivity index (χ1n) is 9.18. The van der Waals surface area contributed by atoms with Gasteiger partial charge in [0.25, 0.3) is 5.91 Å². The molecular formula is C19H25F2N3O6. The van der Waals surface area contributed by atoms with E-state index in [9.17, 15) is 23.2 Å². The molecule has 1 unspecified atom stereocenters. The number of methoxy groups -OCH3 is 2. The third kappa shape index (κ3) is 5.42. The van der Waals surface area contributed by atoms with Crippen LogP contribution in [-0.4, -0.2) is 81.3 Å². The quantitative estimate of drug-likeness (QED) is 0.531. The predicted octanol–water partition coefficient (Wildman–Crippen LogP) is 1.18. The fourth-order valence-electron chi connectivity index (χ4n) is 3.01. The number of imide groups is 1. The van der Waals surface area contributed by atoms with Crippen molar-refractivity contribution < 1.29 is 37.4 Å². The lowest BCUT2D eigenvalue weighted by Gasteiger charge is -2.25. The number of hydrogen-bond acceptors (Lipinski definition) is 6. The van der Waals surface area contributed by atoms with Gasteiger partial charge in [0.2, 0.25) is 5.91 Å². The number of carbonyl (C=O) groups excluding carboxylic acids is 3. The molecule has 0 aliphatic carbocycles. The fraction of sp³-hybridized carbons (Fsp3) is 0.526. The van der Waals surface area contributed by atoms with Gasteiger partial charge in [-0.15, -0.1) is 0 Å². The monoisotopic (exact) mass is 429 g/mol. The Bertz CT molecular complexity index is 753. The Labute approximate surface area is 172 Å². The van der Waals surface area contributed by atoms with E-state index in [-0.39, 0.29) is 18.8 Å². The molecule has 9 nitrogen and oxygen atoms in total. The molecule has 1 aromatic rings. The van der Waals surface area contributed by atoms with Gasteiger partial charge < -0.3 is 24.4 Å². The van der Waals surface area contributed by atoms with Gasteiger partial charge in [-0.05, 0) is 24.6 Å². The standard InChI is InChI=1S/C19H25F2N3O6/c1-19(13-4-6-14(7-5-13)30-17(20)21)16(26)24(18(27)22-19)12-15(25)23(8-10-28-2)9-11-29-3/h4-7,17H,8-12H2,1-3H3,(H,22,27). The van der Waals surface area contributed by atoms with Crippen molar-refractivity contribution >= 4 is 17.8 Å². The molecule has 0 bridgehead atoms. The summed E-state index contributed by atoms with van der Waals surface area (Å²) in [6, 6.07) is 4.64. The molecule has 1 aliphatic rings. The number of alkyl halides is 2. The van der Waals surface area contributed by atoms with Crippen LogP contribution in [0.5, 0.6) is 5.75 Å². The number of rotatable bonds is 11. The first kappa shape index (κ1) is 23.5. The van der Waals surface area contributed by atoms with Crippen LogP contribution in [0.1, 0.15) is 12.5 Å². The lowest BCUT2D eigenvalue weighted by molar-refractivity contribution is -0.139. The molecule has 1 aromatic carbocycles. The molecule has 2 rings (SSSR count). The lowest BCUT2D eigenvalue weighted by Crippen LogP contribution is -2.46. The second kappa shape index (κ2) is 10.3. The topological polar surface area (TPSA) is 97.4 Å². The average molecular weight is 429 g/mol. The maximum Gasteiger partial charge on any atom is 0.387 e. The van der Waals surface area contributed by atoms with E-state index in [1.165, 1.54) is 50.3 Å². The van der Waals surface area contributed by atoms with Gasteiger partial charge in [-0.2, -0.15) is 8.78 Å². The number of benzene rings is 1. The van der Waals surface area contributed by atoms with Crippen molar-refractivity contribution in [3.8, 4) is 5.75 Å². The van der Waals surface area contributed by atoms with E-state index in [0.29, 0.717) is 18.8 Å². The summed E-state index contributed by atoms with van der Waals surface area (Å²) in [7, 11) is 3.00. The summed E-state index contributed by atoms with van der Waals surface area (Å²) in [5.74, 6) is -1.13. The van der Waals surface area contributed by atoms with Crippen LogP contribution in [0.25, 0.3) is 0 Å². The summed E-state index contributed by atoms with van der Waals surface area (Å²) in [5, 5.41) is 2.57. The lowest BCUT2D eigenvalue weighted by atomic mass is 9.92. The summed E-state index contributed by atoms with van der Waals surface area (Å²) in [6.07, 6.45) is 0. The number of halogens is 2. The molecule has 0 saturated carbocycles. The van der Waals surface area contributed by atoms with Crippen LogP contribution in [0.4, 0.5) is 13.6 Å². The van der Waals surface area contributed by atoms with E-state index in [4.69, 9.17) is 9.47 Å². The van der Waals surface area contributed by atoms with Gasteiger partial charge >= 0.3 is 12.6 Å². The van der Waals surface area contributed by atoms with Crippen LogP contribution in [0, 0.1) is 0 Å². The van der Waals surface area contributed by atoms with E-state index in [1.807, 2.05) is 0 Å². The molecule has 1 atom stereocenters. The highest BCUT2D eigenvalue weighted by Crippen LogP contribution is 2.30. The largest absolute Gasteiger partial charge is 0.435 e. The molecular weight excluding hydrogens is 404 g/mol. The second-order valence-electron chi connectivity index (χ2n) is 6.72. The maximum atomic E-state index is 13.0. The number of nitrogens with zero attached hydrogens (tertiary/aromatic N) is 2. The Morgan fingerprint density at radius 2 is 1.70 bits per heavy atom. The summed E-state index contributed by atoms with van der Waals surface area (Å²) < 4.78 is 38.9. The smallest absolute Gasteiger partial charge is 0.387 e. The van der Waals surface area contributed by atoms with Gasteiger partial charge in [0.05, 0.1) is 13.2 Å². The molecule has 0 radical (unpaired) electrons. The van der Waals surface area contributed by atoms with Crippen LogP contribution in [-0.2, 0) is 24.6 Å². The van der Waals surface area contributed by atoms with E-state index in [0.717, 1.165) is 4.90 Å². The van der Waals surface area contributed by atoms with Gasteiger partial charge in [-0.1, -0.05) is 12.1 Å². The Balaban J connectivity index is 2.13. The Kier molecular flexibility index (Phi) is 8.07. The predicted molar refractivity (Wildman–Crippen MR) is 101 cm³/mol. The molecule has 1 saturated heterocycles. The summed E-state index contributed by atoms with van der Waals surface area (Å²) >= 11 is 0. The summed E-state index contributed by atoms with van der Waals surface area (Å²) in [6.45, 7) is -0.786. The minimum atomic E-state index is -2.97. The van der Waals surface area contributed by atoms with Crippen LogP contribution in [0.2, 0.25) is 0 Å². The summed E-state index contributed by atoms with van der Waals surface area (Å²) in [5.41, 5.74) is -1.07. The molecule has 166 valence electrons. The second-order valence-corrected chi connectivity index (χ2v) is 6.72. The van der Waals surface area contributed by atoms with Crippen molar-refractivity contribution in [2.45, 2.75) is 19.1 Å². The van der Waals surface area contributed by atoms with Crippen molar-refractivity contribution in [2.24, 2.45) is 0 Å². The molecule has 1 N–H and O–H groups in total. The molecule has 0 aromatic heterocycles. The zero-order valence-corrected chi connectivity index (χ0v) is 17.0. The van der Waals surface area contributed by atoms with Crippen molar-refractivity contribution in [2.75, 3.05) is 47.1 Å². The molecule has 1 heterocycles. The molecule has 30 heavy (non-hydrogen) atoms. The molecule has 11 heteroatoms. The number of carbonyl (C=O) groups is 3. The van der Waals surface area contributed by atoms with Gasteiger partial charge in [0, 0.05) is 27.3 Å². The highest BCUT2D eigenvalue weighted by molar-refractivity contribution is 6.09. The molecule has 1 aliphatic heterocycles. The van der Waals surface area contributed by atoms with Crippen molar-refractivity contribution in [3.63, 3.8) is 0 Å². The van der Waals surface area contributed by atoms with Crippen LogP contribution < -0.4 is 10.1 Å². The SMILES string of the molecule is COCCN(CCOC)C(=O)CN1C(=O)NC(C)(c2ccc(OC(F)F)cc2)C1=O. The average Bonchev–Trinajstić information content (AvgIpc) is 2.92. The van der Waals surface area contributed by atoms with E-state index in [2.05, 4.69) is 10.1 Å². The van der Waals surface area contributed by atoms with Gasteiger partial charge in [-0.3, -0.25) is 14.5 Å². The molecule has 4 amide bonds. The minimum Gasteiger partial charge on any atom is -0.435 e. The van der Waals surface area contributed by atoms with Gasteiger partial charge in [0.15, 0.2) is 0 Å². The normalized spacial score (nSPS) is 18.7. The Morgan fingerprint density at radius 1 is 1.13 bits per heavy atom. The highest BCUT2D eigenvalue weighted by Gasteiger charge is 2.49. The zero-order chi connectivity index (χ0) is 22.3. The molecule has 0 spiro atoms. The third-order valence-electron chi connectivity index (χ3n) is 4.71. The number of hydrogen-bond donors (Lipinski definition) is 1. The van der Waals surface area contributed by atoms with Crippen molar-refractivity contribution in [1.82, 2.24) is 15.1 Å². The minimum absolute atomic E-state index is 0.0758. The Morgan fingerprint density at radius 3 is 2.20 bits per heavy atom. The number of ether oxygens (including phenoxy) is 3. The zero-order valence-electron chi connectivity index (χ0n) is 17.0. The number of nitrogens with one attached hydrogen (secondary N) is 1. The van der Waals surface area contributed by atoms with E-state index < -0.39 is 36.5 Å². The summed E-state index contributed by atoms with van der Waals surface area (Å²) in [4.78, 5) is 40.3. The van der Waals surface area contributed by atoms with E-state index in [1.54, 1.807) is 0 Å². The Hall–Kier alpha value is -2.79. The fourth-order valence-corrected chi connectivity index (χ4v) is 3.01. The van der Waals surface area contributed by atoms with Crippen molar-refractivity contribution in [1.29, 1.82) is 0 Å².